The summed E-state index contributed by atoms with van der Waals surface area (Å²) in [5.41, 5.74) is 4.39. The molecule has 21 heavy (non-hydrogen) atoms. The van der Waals surface area contributed by atoms with Crippen LogP contribution in [0.4, 0.5) is 4.39 Å². The molecule has 1 aliphatic rings. The lowest BCUT2D eigenvalue weighted by atomic mass is 9.93. The summed E-state index contributed by atoms with van der Waals surface area (Å²) in [7, 11) is 0. The van der Waals surface area contributed by atoms with Gasteiger partial charge in [-0.25, -0.2) is 4.39 Å². The first kappa shape index (κ1) is 14.1. The zero-order valence-corrected chi connectivity index (χ0v) is 12.4. The van der Waals surface area contributed by atoms with Crippen LogP contribution >= 0.6 is 0 Å². The van der Waals surface area contributed by atoms with Crippen LogP contribution in [0.1, 0.15) is 35.2 Å². The molecule has 2 aromatic carbocycles. The molecule has 0 spiro atoms. The predicted octanol–water partition coefficient (Wildman–Crippen LogP) is 3.77. The van der Waals surface area contributed by atoms with Crippen LogP contribution < -0.4 is 10.1 Å². The summed E-state index contributed by atoms with van der Waals surface area (Å²) in [6.07, 6.45) is 0.949. The van der Waals surface area contributed by atoms with Gasteiger partial charge in [-0.1, -0.05) is 31.2 Å². The summed E-state index contributed by atoms with van der Waals surface area (Å²) in [6.45, 7) is 5.62. The Balaban J connectivity index is 2.10. The molecule has 0 aromatic heterocycles. The minimum absolute atomic E-state index is 0.0428. The van der Waals surface area contributed by atoms with Crippen molar-refractivity contribution >= 4 is 0 Å². The Morgan fingerprint density at radius 2 is 2.10 bits per heavy atom. The number of ether oxygens (including phenoxy) is 1. The molecule has 0 aliphatic carbocycles. The quantitative estimate of drug-likeness (QED) is 0.923. The van der Waals surface area contributed by atoms with Gasteiger partial charge in [0.25, 0.3) is 0 Å². The highest BCUT2D eigenvalue weighted by Gasteiger charge is 2.24. The van der Waals surface area contributed by atoms with Crippen LogP contribution in [0, 0.1) is 12.7 Å². The van der Waals surface area contributed by atoms with E-state index in [1.807, 2.05) is 13.0 Å². The van der Waals surface area contributed by atoms with E-state index in [1.54, 1.807) is 6.07 Å². The van der Waals surface area contributed by atoms with Crippen LogP contribution in [0.15, 0.2) is 36.4 Å². The van der Waals surface area contributed by atoms with Gasteiger partial charge in [0.2, 0.25) is 0 Å². The molecule has 0 saturated heterocycles. The minimum Gasteiger partial charge on any atom is -0.493 e. The molecule has 1 unspecified atom stereocenters. The number of aryl methyl sites for hydroxylation is 1. The molecule has 1 N–H and O–H groups in total. The fourth-order valence-electron chi connectivity index (χ4n) is 2.98. The molecule has 0 radical (unpaired) electrons. The van der Waals surface area contributed by atoms with E-state index in [0.29, 0.717) is 0 Å². The molecule has 1 atom stereocenters. The molecule has 3 rings (SSSR count). The van der Waals surface area contributed by atoms with Gasteiger partial charge in [-0.2, -0.15) is 0 Å². The van der Waals surface area contributed by atoms with E-state index in [0.717, 1.165) is 42.0 Å². The standard InChI is InChI=1S/C18H20FNO/c1-3-20-17(16-11-14(19)8-7-12(16)2)15-6-4-5-13-9-10-21-18(13)15/h4-8,11,17,20H,3,9-10H2,1-2H3. The molecule has 110 valence electrons. The Morgan fingerprint density at radius 1 is 1.24 bits per heavy atom. The van der Waals surface area contributed by atoms with Crippen molar-refractivity contribution < 1.29 is 9.13 Å². The van der Waals surface area contributed by atoms with Gasteiger partial charge >= 0.3 is 0 Å². The van der Waals surface area contributed by atoms with Gasteiger partial charge in [0, 0.05) is 12.0 Å². The number of halogens is 1. The molecule has 2 nitrogen and oxygen atoms in total. The van der Waals surface area contributed by atoms with Crippen LogP contribution in [0.25, 0.3) is 0 Å². The summed E-state index contributed by atoms with van der Waals surface area (Å²) in [6, 6.07) is 11.2. The van der Waals surface area contributed by atoms with E-state index in [-0.39, 0.29) is 11.9 Å². The third-order valence-electron chi connectivity index (χ3n) is 4.02. The number of para-hydroxylation sites is 1. The lowest BCUT2D eigenvalue weighted by Crippen LogP contribution is -2.23. The van der Waals surface area contributed by atoms with Crippen molar-refractivity contribution in [2.24, 2.45) is 0 Å². The smallest absolute Gasteiger partial charge is 0.127 e. The van der Waals surface area contributed by atoms with Crippen molar-refractivity contribution in [1.82, 2.24) is 5.32 Å². The van der Waals surface area contributed by atoms with Crippen molar-refractivity contribution in [3.63, 3.8) is 0 Å². The van der Waals surface area contributed by atoms with Crippen molar-refractivity contribution in [2.45, 2.75) is 26.3 Å². The second kappa shape index (κ2) is 5.86. The fraction of sp³-hybridized carbons (Fsp3) is 0.333. The molecule has 0 fully saturated rings. The van der Waals surface area contributed by atoms with Gasteiger partial charge < -0.3 is 10.1 Å². The van der Waals surface area contributed by atoms with Gasteiger partial charge in [0.1, 0.15) is 11.6 Å². The summed E-state index contributed by atoms with van der Waals surface area (Å²) in [5.74, 6) is 0.763. The maximum Gasteiger partial charge on any atom is 0.127 e. The van der Waals surface area contributed by atoms with Crippen molar-refractivity contribution in [2.75, 3.05) is 13.2 Å². The van der Waals surface area contributed by atoms with Gasteiger partial charge in [0.05, 0.1) is 12.6 Å². The fourth-order valence-corrected chi connectivity index (χ4v) is 2.98. The number of nitrogens with one attached hydrogen (secondary N) is 1. The summed E-state index contributed by atoms with van der Waals surface area (Å²) in [4.78, 5) is 0. The lowest BCUT2D eigenvalue weighted by Gasteiger charge is -2.23. The molecule has 0 bridgehead atoms. The van der Waals surface area contributed by atoms with Gasteiger partial charge in [0.15, 0.2) is 0 Å². The maximum absolute atomic E-state index is 13.7. The first-order valence-electron chi connectivity index (χ1n) is 7.44. The molecule has 2 aromatic rings. The number of hydrogen-bond acceptors (Lipinski definition) is 2. The average molecular weight is 285 g/mol. The van der Waals surface area contributed by atoms with Crippen molar-refractivity contribution in [3.05, 3.63) is 64.5 Å². The number of rotatable bonds is 4. The lowest BCUT2D eigenvalue weighted by molar-refractivity contribution is 0.350. The Hall–Kier alpha value is -1.87. The number of hydrogen-bond donors (Lipinski definition) is 1. The largest absolute Gasteiger partial charge is 0.493 e. The Morgan fingerprint density at radius 3 is 2.90 bits per heavy atom. The highest BCUT2D eigenvalue weighted by Crippen LogP contribution is 2.37. The zero-order valence-electron chi connectivity index (χ0n) is 12.4. The summed E-state index contributed by atoms with van der Waals surface area (Å²) >= 11 is 0. The van der Waals surface area contributed by atoms with E-state index in [2.05, 4.69) is 30.4 Å². The van der Waals surface area contributed by atoms with E-state index >= 15 is 0 Å². The Bertz CT molecular complexity index is 654. The molecule has 0 saturated carbocycles. The second-order valence-corrected chi connectivity index (χ2v) is 5.43. The average Bonchev–Trinajstić information content (AvgIpc) is 2.96. The molecular weight excluding hydrogens is 265 g/mol. The summed E-state index contributed by atoms with van der Waals surface area (Å²) < 4.78 is 19.5. The van der Waals surface area contributed by atoms with Crippen LogP contribution in [-0.2, 0) is 6.42 Å². The topological polar surface area (TPSA) is 21.3 Å². The third-order valence-corrected chi connectivity index (χ3v) is 4.02. The van der Waals surface area contributed by atoms with Crippen LogP contribution in [-0.4, -0.2) is 13.2 Å². The molecular formula is C18H20FNO. The summed E-state index contributed by atoms with van der Waals surface area (Å²) in [5, 5.41) is 3.47. The van der Waals surface area contributed by atoms with E-state index in [4.69, 9.17) is 4.74 Å². The van der Waals surface area contributed by atoms with Crippen molar-refractivity contribution in [1.29, 1.82) is 0 Å². The van der Waals surface area contributed by atoms with E-state index in [9.17, 15) is 4.39 Å². The Labute approximate surface area is 125 Å². The minimum atomic E-state index is -0.202. The highest BCUT2D eigenvalue weighted by atomic mass is 19.1. The number of benzene rings is 2. The molecule has 3 heteroatoms. The molecule has 1 heterocycles. The van der Waals surface area contributed by atoms with Crippen molar-refractivity contribution in [3.8, 4) is 5.75 Å². The van der Waals surface area contributed by atoms with Gasteiger partial charge in [-0.3, -0.25) is 0 Å². The monoisotopic (exact) mass is 285 g/mol. The first-order chi connectivity index (χ1) is 10.2. The maximum atomic E-state index is 13.7. The van der Waals surface area contributed by atoms with E-state index < -0.39 is 0 Å². The third kappa shape index (κ3) is 2.66. The zero-order chi connectivity index (χ0) is 14.8. The molecule has 0 amide bonds. The highest BCUT2D eigenvalue weighted by molar-refractivity contribution is 5.49. The first-order valence-corrected chi connectivity index (χ1v) is 7.44. The second-order valence-electron chi connectivity index (χ2n) is 5.43. The SMILES string of the molecule is CCNC(c1cc(F)ccc1C)c1cccc2c1OCC2. The van der Waals surface area contributed by atoms with Crippen LogP contribution in [0.2, 0.25) is 0 Å². The predicted molar refractivity (Wildman–Crippen MR) is 82.3 cm³/mol. The molecule has 1 aliphatic heterocycles. The number of fused-ring (bicyclic) bond motifs is 1. The normalized spacial score (nSPS) is 14.6. The Kier molecular flexibility index (Phi) is 3.93. The van der Waals surface area contributed by atoms with Gasteiger partial charge in [-0.15, -0.1) is 0 Å². The van der Waals surface area contributed by atoms with Crippen LogP contribution in [0.3, 0.4) is 0 Å². The van der Waals surface area contributed by atoms with Gasteiger partial charge in [-0.05, 0) is 42.3 Å². The van der Waals surface area contributed by atoms with E-state index in [1.165, 1.54) is 11.6 Å². The van der Waals surface area contributed by atoms with Crippen LogP contribution in [0.5, 0.6) is 5.75 Å².